The molecule has 3 aromatic rings. The number of benzene rings is 1. The molecule has 0 radical (unpaired) electrons. The second-order valence-electron chi connectivity index (χ2n) is 5.17. The Morgan fingerprint density at radius 2 is 2.00 bits per heavy atom. The smallest absolute Gasteiger partial charge is 0.237 e. The molecule has 8 heteroatoms. The lowest BCUT2D eigenvalue weighted by Gasteiger charge is -2.05. The standard InChI is InChI=1S/C14H16N6OS/c1-9(2)20-14(16-18-19-20)22-8-12-15-13(17-21-12)11-6-4-10(3)5-7-11/h4-7,9H,8H2,1-3H3. The highest BCUT2D eigenvalue weighted by Gasteiger charge is 2.13. The number of rotatable bonds is 5. The van der Waals surface area contributed by atoms with Crippen LogP contribution in [0.4, 0.5) is 0 Å². The molecule has 0 atom stereocenters. The van der Waals surface area contributed by atoms with Crippen LogP contribution in [0.2, 0.25) is 0 Å². The van der Waals surface area contributed by atoms with E-state index in [2.05, 4.69) is 25.7 Å². The van der Waals surface area contributed by atoms with E-state index in [4.69, 9.17) is 4.52 Å². The molecule has 0 saturated carbocycles. The number of thioether (sulfide) groups is 1. The van der Waals surface area contributed by atoms with Crippen molar-refractivity contribution in [1.29, 1.82) is 0 Å². The third kappa shape index (κ3) is 3.16. The van der Waals surface area contributed by atoms with Crippen LogP contribution in [0.3, 0.4) is 0 Å². The van der Waals surface area contributed by atoms with Crippen molar-refractivity contribution >= 4 is 11.8 Å². The molecule has 0 spiro atoms. The maximum absolute atomic E-state index is 5.29. The van der Waals surface area contributed by atoms with Crippen LogP contribution in [0.1, 0.15) is 31.3 Å². The lowest BCUT2D eigenvalue weighted by atomic mass is 10.1. The van der Waals surface area contributed by atoms with Gasteiger partial charge in [0, 0.05) is 5.56 Å². The first-order valence-corrected chi connectivity index (χ1v) is 7.92. The normalized spacial score (nSPS) is 11.3. The molecule has 0 bridgehead atoms. The molecule has 3 rings (SSSR count). The topological polar surface area (TPSA) is 82.5 Å². The molecule has 1 aromatic carbocycles. The van der Waals surface area contributed by atoms with Crippen LogP contribution in [0, 0.1) is 6.92 Å². The van der Waals surface area contributed by atoms with E-state index in [1.54, 1.807) is 4.68 Å². The summed E-state index contributed by atoms with van der Waals surface area (Å²) in [6.45, 7) is 6.10. The highest BCUT2D eigenvalue weighted by molar-refractivity contribution is 7.98. The first-order valence-electron chi connectivity index (χ1n) is 6.94. The second-order valence-corrected chi connectivity index (χ2v) is 6.11. The Hall–Kier alpha value is -2.22. The summed E-state index contributed by atoms with van der Waals surface area (Å²) in [6.07, 6.45) is 0. The van der Waals surface area contributed by atoms with Crippen molar-refractivity contribution in [2.24, 2.45) is 0 Å². The lowest BCUT2D eigenvalue weighted by molar-refractivity contribution is 0.391. The van der Waals surface area contributed by atoms with Gasteiger partial charge < -0.3 is 4.52 Å². The van der Waals surface area contributed by atoms with Gasteiger partial charge in [-0.15, -0.1) is 5.10 Å². The van der Waals surface area contributed by atoms with Crippen molar-refractivity contribution in [3.63, 3.8) is 0 Å². The number of aryl methyl sites for hydroxylation is 1. The van der Waals surface area contributed by atoms with Gasteiger partial charge in [-0.05, 0) is 31.2 Å². The quantitative estimate of drug-likeness (QED) is 0.669. The third-order valence-corrected chi connectivity index (χ3v) is 3.97. The van der Waals surface area contributed by atoms with Gasteiger partial charge in [0.15, 0.2) is 0 Å². The fraction of sp³-hybridized carbons (Fsp3) is 0.357. The van der Waals surface area contributed by atoms with Gasteiger partial charge in [-0.3, -0.25) is 0 Å². The number of hydrogen-bond acceptors (Lipinski definition) is 7. The van der Waals surface area contributed by atoms with Gasteiger partial charge in [0.05, 0.1) is 11.8 Å². The van der Waals surface area contributed by atoms with Crippen molar-refractivity contribution in [2.75, 3.05) is 0 Å². The van der Waals surface area contributed by atoms with E-state index in [0.29, 0.717) is 17.5 Å². The van der Waals surface area contributed by atoms with Gasteiger partial charge >= 0.3 is 0 Å². The molecule has 0 N–H and O–H groups in total. The van der Waals surface area contributed by atoms with Gasteiger partial charge in [0.25, 0.3) is 0 Å². The number of nitrogens with zero attached hydrogens (tertiary/aromatic N) is 6. The Kier molecular flexibility index (Phi) is 4.19. The zero-order valence-electron chi connectivity index (χ0n) is 12.6. The maximum atomic E-state index is 5.29. The molecule has 0 aliphatic carbocycles. The van der Waals surface area contributed by atoms with E-state index in [9.17, 15) is 0 Å². The molecule has 0 fully saturated rings. The molecular formula is C14H16N6OS. The second kappa shape index (κ2) is 6.27. The SMILES string of the molecule is Cc1ccc(-c2noc(CSc3nnnn3C(C)C)n2)cc1. The monoisotopic (exact) mass is 316 g/mol. The zero-order valence-corrected chi connectivity index (χ0v) is 13.4. The van der Waals surface area contributed by atoms with Gasteiger partial charge in [-0.1, -0.05) is 46.7 Å². The van der Waals surface area contributed by atoms with Gasteiger partial charge in [0.1, 0.15) is 0 Å². The van der Waals surface area contributed by atoms with Crippen molar-refractivity contribution in [1.82, 2.24) is 30.3 Å². The predicted molar refractivity (Wildman–Crippen MR) is 82.2 cm³/mol. The van der Waals surface area contributed by atoms with E-state index in [0.717, 1.165) is 10.7 Å². The Morgan fingerprint density at radius 3 is 2.73 bits per heavy atom. The first kappa shape index (κ1) is 14.7. The molecule has 22 heavy (non-hydrogen) atoms. The number of tetrazole rings is 1. The summed E-state index contributed by atoms with van der Waals surface area (Å²) in [7, 11) is 0. The van der Waals surface area contributed by atoms with Crippen LogP contribution in [-0.4, -0.2) is 30.3 Å². The highest BCUT2D eigenvalue weighted by Crippen LogP contribution is 2.23. The molecule has 2 aromatic heterocycles. The Balaban J connectivity index is 1.69. The molecule has 0 amide bonds. The van der Waals surface area contributed by atoms with E-state index in [-0.39, 0.29) is 6.04 Å². The van der Waals surface area contributed by atoms with Crippen molar-refractivity contribution in [3.05, 3.63) is 35.7 Å². The minimum atomic E-state index is 0.211. The summed E-state index contributed by atoms with van der Waals surface area (Å²) in [5, 5.41) is 16.4. The average Bonchev–Trinajstić information content (AvgIpc) is 3.15. The largest absolute Gasteiger partial charge is 0.338 e. The highest BCUT2D eigenvalue weighted by atomic mass is 32.2. The molecule has 0 saturated heterocycles. The fourth-order valence-electron chi connectivity index (χ4n) is 1.86. The Morgan fingerprint density at radius 1 is 1.23 bits per heavy atom. The summed E-state index contributed by atoms with van der Waals surface area (Å²) in [5.41, 5.74) is 2.14. The van der Waals surface area contributed by atoms with Crippen LogP contribution in [0.25, 0.3) is 11.4 Å². The maximum Gasteiger partial charge on any atom is 0.237 e. The molecule has 0 aliphatic heterocycles. The molecule has 0 unspecified atom stereocenters. The van der Waals surface area contributed by atoms with Crippen LogP contribution < -0.4 is 0 Å². The minimum Gasteiger partial charge on any atom is -0.338 e. The lowest BCUT2D eigenvalue weighted by Crippen LogP contribution is -2.04. The van der Waals surface area contributed by atoms with E-state index >= 15 is 0 Å². The number of aromatic nitrogens is 6. The van der Waals surface area contributed by atoms with Crippen molar-refractivity contribution in [3.8, 4) is 11.4 Å². The zero-order chi connectivity index (χ0) is 15.5. The summed E-state index contributed by atoms with van der Waals surface area (Å²) in [4.78, 5) is 4.41. The van der Waals surface area contributed by atoms with Crippen LogP contribution in [-0.2, 0) is 5.75 Å². The number of hydrogen-bond donors (Lipinski definition) is 0. The molecule has 0 aliphatic rings. The Bertz CT molecular complexity index is 749. The fourth-order valence-corrected chi connectivity index (χ4v) is 2.71. The van der Waals surface area contributed by atoms with Crippen molar-refractivity contribution < 1.29 is 4.52 Å². The van der Waals surface area contributed by atoms with Crippen molar-refractivity contribution in [2.45, 2.75) is 37.7 Å². The summed E-state index contributed by atoms with van der Waals surface area (Å²) in [6, 6.07) is 8.23. The van der Waals surface area contributed by atoms with E-state index in [1.807, 2.05) is 45.0 Å². The van der Waals surface area contributed by atoms with Gasteiger partial charge in [-0.25, -0.2) is 4.68 Å². The summed E-state index contributed by atoms with van der Waals surface area (Å²) in [5.74, 6) is 1.68. The Labute approximate surface area is 132 Å². The van der Waals surface area contributed by atoms with E-state index in [1.165, 1.54) is 17.3 Å². The molecule has 2 heterocycles. The van der Waals surface area contributed by atoms with Crippen LogP contribution in [0.15, 0.2) is 33.9 Å². The van der Waals surface area contributed by atoms with E-state index < -0.39 is 0 Å². The van der Waals surface area contributed by atoms with Gasteiger partial charge in [0.2, 0.25) is 16.9 Å². The van der Waals surface area contributed by atoms with Crippen LogP contribution in [0.5, 0.6) is 0 Å². The van der Waals surface area contributed by atoms with Gasteiger partial charge in [-0.2, -0.15) is 4.98 Å². The summed E-state index contributed by atoms with van der Waals surface area (Å²) < 4.78 is 7.05. The molecular weight excluding hydrogens is 300 g/mol. The molecule has 114 valence electrons. The average molecular weight is 316 g/mol. The minimum absolute atomic E-state index is 0.211. The van der Waals surface area contributed by atoms with Crippen LogP contribution >= 0.6 is 11.8 Å². The summed E-state index contributed by atoms with van der Waals surface area (Å²) >= 11 is 1.48. The third-order valence-electron chi connectivity index (χ3n) is 3.05. The first-order chi connectivity index (χ1) is 10.6. The predicted octanol–water partition coefficient (Wildman–Crippen LogP) is 2.90. The molecule has 7 nitrogen and oxygen atoms in total.